The summed E-state index contributed by atoms with van der Waals surface area (Å²) in [5.41, 5.74) is 5.47. The molecule has 0 amide bonds. The van der Waals surface area contributed by atoms with Gasteiger partial charge in [0.05, 0.1) is 16.6 Å². The van der Waals surface area contributed by atoms with E-state index in [1.807, 2.05) is 13.8 Å². The highest BCUT2D eigenvalue weighted by Crippen LogP contribution is 2.27. The third kappa shape index (κ3) is 1.53. The number of rotatable bonds is 1. The van der Waals surface area contributed by atoms with Crippen LogP contribution in [0.15, 0.2) is 18.2 Å². The molecule has 2 rings (SSSR count). The van der Waals surface area contributed by atoms with E-state index in [1.54, 1.807) is 12.1 Å². The van der Waals surface area contributed by atoms with Crippen LogP contribution in [0.3, 0.4) is 0 Å². The Bertz CT molecular complexity index is 523. The van der Waals surface area contributed by atoms with Crippen molar-refractivity contribution in [3.8, 4) is 0 Å². The van der Waals surface area contributed by atoms with Crippen molar-refractivity contribution in [1.29, 1.82) is 0 Å². The predicted octanol–water partition coefficient (Wildman–Crippen LogP) is 2.28. The lowest BCUT2D eigenvalue weighted by Crippen LogP contribution is -2.08. The number of aryl methyl sites for hydroxylation is 2. The first kappa shape index (κ1) is 9.86. The van der Waals surface area contributed by atoms with Crippen LogP contribution < -0.4 is 11.3 Å². The van der Waals surface area contributed by atoms with Gasteiger partial charge in [-0.3, -0.25) is 10.8 Å². The van der Waals surface area contributed by atoms with Crippen LogP contribution in [0.4, 0.5) is 10.1 Å². The van der Waals surface area contributed by atoms with Gasteiger partial charge in [0.25, 0.3) is 0 Å². The Morgan fingerprint density at radius 2 is 2.07 bits per heavy atom. The minimum Gasteiger partial charge on any atom is -0.323 e. The number of anilines is 1. The van der Waals surface area contributed by atoms with Crippen molar-refractivity contribution in [1.82, 2.24) is 4.98 Å². The number of nitrogens with one attached hydrogen (secondary N) is 1. The van der Waals surface area contributed by atoms with Gasteiger partial charge >= 0.3 is 0 Å². The Balaban J connectivity index is 2.95. The van der Waals surface area contributed by atoms with Gasteiger partial charge in [-0.1, -0.05) is 6.07 Å². The van der Waals surface area contributed by atoms with Gasteiger partial charge in [0.2, 0.25) is 0 Å². The highest BCUT2D eigenvalue weighted by molar-refractivity contribution is 5.93. The summed E-state index contributed by atoms with van der Waals surface area (Å²) in [6.45, 7) is 3.75. The molecule has 0 aliphatic heterocycles. The standard InChI is InChI=1S/C11H12FN3/c1-6-3-4-8(12)10-9(15-13)5-7(2)14-11(6)10/h3-5H,13H2,1-2H3,(H,14,15). The SMILES string of the molecule is Cc1cc(NN)c2c(F)ccc(C)c2n1. The highest BCUT2D eigenvalue weighted by Gasteiger charge is 2.09. The number of nitrogen functional groups attached to an aromatic ring is 1. The van der Waals surface area contributed by atoms with Crippen LogP contribution in [0, 0.1) is 19.7 Å². The molecule has 0 bridgehead atoms. The second-order valence-corrected chi connectivity index (χ2v) is 3.54. The quantitative estimate of drug-likeness (QED) is 0.554. The van der Waals surface area contributed by atoms with Gasteiger partial charge in [0.15, 0.2) is 0 Å². The van der Waals surface area contributed by atoms with E-state index in [2.05, 4.69) is 10.4 Å². The predicted molar refractivity (Wildman–Crippen MR) is 59.0 cm³/mol. The molecule has 0 atom stereocenters. The van der Waals surface area contributed by atoms with Gasteiger partial charge in [-0.05, 0) is 31.5 Å². The molecule has 1 aromatic heterocycles. The van der Waals surface area contributed by atoms with E-state index in [0.29, 0.717) is 16.6 Å². The highest BCUT2D eigenvalue weighted by atomic mass is 19.1. The zero-order chi connectivity index (χ0) is 11.0. The third-order valence-electron chi connectivity index (χ3n) is 2.40. The molecule has 3 N–H and O–H groups in total. The number of aromatic nitrogens is 1. The van der Waals surface area contributed by atoms with Crippen molar-refractivity contribution in [2.45, 2.75) is 13.8 Å². The van der Waals surface area contributed by atoms with Crippen molar-refractivity contribution in [3.05, 3.63) is 35.3 Å². The summed E-state index contributed by atoms with van der Waals surface area (Å²) in [6.07, 6.45) is 0. The third-order valence-corrected chi connectivity index (χ3v) is 2.40. The summed E-state index contributed by atoms with van der Waals surface area (Å²) in [6, 6.07) is 4.87. The second-order valence-electron chi connectivity index (χ2n) is 3.54. The number of hydrogen-bond acceptors (Lipinski definition) is 3. The molecule has 3 nitrogen and oxygen atoms in total. The second kappa shape index (κ2) is 3.47. The minimum atomic E-state index is -0.309. The summed E-state index contributed by atoms with van der Waals surface area (Å²) < 4.78 is 13.6. The molecule has 15 heavy (non-hydrogen) atoms. The molecular formula is C11H12FN3. The average molecular weight is 205 g/mol. The number of nitrogens with two attached hydrogens (primary N) is 1. The Morgan fingerprint density at radius 1 is 1.33 bits per heavy atom. The maximum absolute atomic E-state index is 13.6. The smallest absolute Gasteiger partial charge is 0.134 e. The van der Waals surface area contributed by atoms with Crippen LogP contribution in [0.1, 0.15) is 11.3 Å². The summed E-state index contributed by atoms with van der Waals surface area (Å²) in [7, 11) is 0. The number of nitrogens with zero attached hydrogens (tertiary/aromatic N) is 1. The molecule has 0 saturated heterocycles. The van der Waals surface area contributed by atoms with Crippen molar-refractivity contribution in [2.75, 3.05) is 5.43 Å². The lowest BCUT2D eigenvalue weighted by molar-refractivity contribution is 0.639. The van der Waals surface area contributed by atoms with Gasteiger partial charge in [-0.15, -0.1) is 0 Å². The molecule has 0 fully saturated rings. The van der Waals surface area contributed by atoms with Crippen LogP contribution in [0.5, 0.6) is 0 Å². The van der Waals surface area contributed by atoms with E-state index in [1.165, 1.54) is 6.07 Å². The lowest BCUT2D eigenvalue weighted by atomic mass is 10.1. The van der Waals surface area contributed by atoms with Gasteiger partial charge < -0.3 is 5.43 Å². The molecular weight excluding hydrogens is 193 g/mol. The number of hydrazine groups is 1. The van der Waals surface area contributed by atoms with Gasteiger partial charge in [0.1, 0.15) is 5.82 Å². The first-order valence-electron chi connectivity index (χ1n) is 4.66. The summed E-state index contributed by atoms with van der Waals surface area (Å²) >= 11 is 0. The maximum atomic E-state index is 13.6. The Hall–Kier alpha value is -1.68. The van der Waals surface area contributed by atoms with E-state index in [0.717, 1.165) is 11.3 Å². The number of fused-ring (bicyclic) bond motifs is 1. The number of hydrogen-bond donors (Lipinski definition) is 2. The fraction of sp³-hybridized carbons (Fsp3) is 0.182. The van der Waals surface area contributed by atoms with Crippen LogP contribution in [-0.2, 0) is 0 Å². The van der Waals surface area contributed by atoms with E-state index < -0.39 is 0 Å². The Kier molecular flexibility index (Phi) is 2.28. The molecule has 0 unspecified atom stereocenters. The first-order valence-corrected chi connectivity index (χ1v) is 4.66. The van der Waals surface area contributed by atoms with Crippen molar-refractivity contribution in [2.24, 2.45) is 5.84 Å². The number of pyridine rings is 1. The monoisotopic (exact) mass is 205 g/mol. The summed E-state index contributed by atoms with van der Waals surface area (Å²) in [5, 5.41) is 0.447. The van der Waals surface area contributed by atoms with E-state index >= 15 is 0 Å². The Morgan fingerprint density at radius 3 is 2.73 bits per heavy atom. The molecule has 0 aliphatic rings. The summed E-state index contributed by atoms with van der Waals surface area (Å²) in [4.78, 5) is 4.31. The zero-order valence-corrected chi connectivity index (χ0v) is 8.63. The van der Waals surface area contributed by atoms with Gasteiger partial charge in [-0.2, -0.15) is 0 Å². The van der Waals surface area contributed by atoms with Gasteiger partial charge in [-0.25, -0.2) is 4.39 Å². The fourth-order valence-corrected chi connectivity index (χ4v) is 1.67. The van der Waals surface area contributed by atoms with Gasteiger partial charge in [0, 0.05) is 5.69 Å². The topological polar surface area (TPSA) is 50.9 Å². The zero-order valence-electron chi connectivity index (χ0n) is 8.63. The van der Waals surface area contributed by atoms with Crippen molar-refractivity contribution < 1.29 is 4.39 Å². The average Bonchev–Trinajstić information content (AvgIpc) is 2.22. The van der Waals surface area contributed by atoms with Crippen LogP contribution >= 0.6 is 0 Å². The number of benzene rings is 1. The molecule has 0 saturated carbocycles. The molecule has 4 heteroatoms. The Labute approximate surface area is 87.1 Å². The molecule has 1 aromatic carbocycles. The molecule has 0 aliphatic carbocycles. The van der Waals surface area contributed by atoms with Crippen molar-refractivity contribution in [3.63, 3.8) is 0 Å². The molecule has 1 heterocycles. The fourth-order valence-electron chi connectivity index (χ4n) is 1.67. The normalized spacial score (nSPS) is 10.7. The molecule has 0 spiro atoms. The minimum absolute atomic E-state index is 0.309. The van der Waals surface area contributed by atoms with Crippen LogP contribution in [0.2, 0.25) is 0 Å². The molecule has 0 radical (unpaired) electrons. The maximum Gasteiger partial charge on any atom is 0.134 e. The van der Waals surface area contributed by atoms with Crippen molar-refractivity contribution >= 4 is 16.6 Å². The van der Waals surface area contributed by atoms with E-state index in [4.69, 9.17) is 5.84 Å². The number of halogens is 1. The molecule has 78 valence electrons. The van der Waals surface area contributed by atoms with Crippen LogP contribution in [-0.4, -0.2) is 4.98 Å². The largest absolute Gasteiger partial charge is 0.323 e. The van der Waals surface area contributed by atoms with E-state index in [9.17, 15) is 4.39 Å². The summed E-state index contributed by atoms with van der Waals surface area (Å²) in [5.74, 6) is 5.05. The van der Waals surface area contributed by atoms with E-state index in [-0.39, 0.29) is 5.82 Å². The van der Waals surface area contributed by atoms with Crippen LogP contribution in [0.25, 0.3) is 10.9 Å². The lowest BCUT2D eigenvalue weighted by Gasteiger charge is -2.09. The molecule has 2 aromatic rings. The first-order chi connectivity index (χ1) is 7.13.